The van der Waals surface area contributed by atoms with Gasteiger partial charge in [-0.1, -0.05) is 30.3 Å². The van der Waals surface area contributed by atoms with Crippen LogP contribution in [-0.4, -0.2) is 47.0 Å². The Hall–Kier alpha value is -5.41. The highest BCUT2D eigenvalue weighted by Crippen LogP contribution is 2.31. The maximum Gasteiger partial charge on any atom is 0.416 e. The molecule has 0 aliphatic carbocycles. The first kappa shape index (κ1) is 32.1. The number of carboxylic acid groups (broad SMARTS) is 1. The van der Waals surface area contributed by atoms with Crippen LogP contribution < -0.4 is 10.9 Å². The minimum Gasteiger partial charge on any atom is -0.478 e. The molecule has 0 aliphatic heterocycles. The van der Waals surface area contributed by atoms with E-state index in [4.69, 9.17) is 9.47 Å². The number of esters is 2. The molecule has 3 N–H and O–H groups in total. The van der Waals surface area contributed by atoms with Crippen molar-refractivity contribution in [3.05, 3.63) is 107 Å². The van der Waals surface area contributed by atoms with Gasteiger partial charge in [-0.3, -0.25) is 20.4 Å². The van der Waals surface area contributed by atoms with Gasteiger partial charge in [-0.2, -0.15) is 26.3 Å². The summed E-state index contributed by atoms with van der Waals surface area (Å²) in [6.07, 6.45) is -15.2. The second-order valence-corrected chi connectivity index (χ2v) is 8.46. The quantitative estimate of drug-likeness (QED) is 0.196. The first-order chi connectivity index (χ1) is 20.1. The Labute approximate surface area is 237 Å². The number of amides is 2. The Morgan fingerprint density at radius 2 is 1.05 bits per heavy atom. The van der Waals surface area contributed by atoms with Crippen molar-refractivity contribution in [1.29, 1.82) is 0 Å². The fraction of sp³-hybridized carbons (Fsp3) is 0.148. The van der Waals surface area contributed by atoms with E-state index in [9.17, 15) is 55.4 Å². The predicted octanol–water partition coefficient (Wildman–Crippen LogP) is 4.02. The number of alkyl halides is 6. The summed E-state index contributed by atoms with van der Waals surface area (Å²) in [6.45, 7) is 0. The fourth-order valence-corrected chi connectivity index (χ4v) is 3.36. The van der Waals surface area contributed by atoms with Gasteiger partial charge >= 0.3 is 30.3 Å². The van der Waals surface area contributed by atoms with E-state index in [1.807, 2.05) is 5.43 Å². The van der Waals surface area contributed by atoms with Crippen molar-refractivity contribution < 1.29 is 64.9 Å². The normalized spacial score (nSPS) is 12.8. The first-order valence-corrected chi connectivity index (χ1v) is 11.7. The molecule has 0 saturated heterocycles. The number of halogens is 6. The van der Waals surface area contributed by atoms with Gasteiger partial charge in [0, 0.05) is 5.56 Å². The Bertz CT molecular complexity index is 1530. The number of rotatable bonds is 8. The van der Waals surface area contributed by atoms with Crippen molar-refractivity contribution in [3.63, 3.8) is 0 Å². The van der Waals surface area contributed by atoms with E-state index >= 15 is 0 Å². The third-order valence-electron chi connectivity index (χ3n) is 5.43. The van der Waals surface area contributed by atoms with Gasteiger partial charge in [0.2, 0.25) is 12.2 Å². The van der Waals surface area contributed by atoms with Gasteiger partial charge in [-0.05, 0) is 48.5 Å². The number of aliphatic carboxylic acids is 1. The summed E-state index contributed by atoms with van der Waals surface area (Å²) in [6, 6.07) is 12.3. The lowest BCUT2D eigenvalue weighted by Gasteiger charge is -2.24. The number of benzene rings is 3. The standard InChI is InChI=1S/C27H18F6N2O8/c28-26(29,30)17-10-4-8-15(12-17)24(40)42-19(22(37)35-34-21(36)14-6-2-1-3-7-14)20(23(38)39)43-25(41)16-9-5-11-18(13-16)27(31,32)33/h1-13,19-20H,(H,34,36)(H,35,37)(H,38,39)/t19-,20-/m0/s1. The van der Waals surface area contributed by atoms with Crippen LogP contribution in [0.5, 0.6) is 0 Å². The number of carbonyl (C=O) groups excluding carboxylic acids is 4. The summed E-state index contributed by atoms with van der Waals surface area (Å²) in [5, 5.41) is 9.70. The predicted molar refractivity (Wildman–Crippen MR) is 131 cm³/mol. The van der Waals surface area contributed by atoms with Crippen LogP contribution in [0.25, 0.3) is 0 Å². The van der Waals surface area contributed by atoms with E-state index in [2.05, 4.69) is 0 Å². The average Bonchev–Trinajstić information content (AvgIpc) is 2.96. The van der Waals surface area contributed by atoms with Crippen LogP contribution in [0.1, 0.15) is 42.2 Å². The molecule has 16 heteroatoms. The van der Waals surface area contributed by atoms with Gasteiger partial charge in [0.1, 0.15) is 0 Å². The molecule has 0 fully saturated rings. The first-order valence-electron chi connectivity index (χ1n) is 11.7. The lowest BCUT2D eigenvalue weighted by molar-refractivity contribution is -0.159. The minimum absolute atomic E-state index is 0.00562. The number of hydrazine groups is 1. The van der Waals surface area contributed by atoms with Crippen LogP contribution in [0.15, 0.2) is 78.9 Å². The molecule has 2 atom stereocenters. The highest BCUT2D eigenvalue weighted by Gasteiger charge is 2.42. The van der Waals surface area contributed by atoms with Crippen molar-refractivity contribution in [2.24, 2.45) is 0 Å². The molecule has 0 aromatic heterocycles. The number of nitrogens with one attached hydrogen (secondary N) is 2. The smallest absolute Gasteiger partial charge is 0.416 e. The fourth-order valence-electron chi connectivity index (χ4n) is 3.36. The Kier molecular flexibility index (Phi) is 9.75. The number of hydrogen-bond acceptors (Lipinski definition) is 7. The molecular weight excluding hydrogens is 594 g/mol. The van der Waals surface area contributed by atoms with Crippen LogP contribution in [0.2, 0.25) is 0 Å². The van der Waals surface area contributed by atoms with E-state index in [1.165, 1.54) is 24.3 Å². The van der Waals surface area contributed by atoms with Gasteiger partial charge in [-0.15, -0.1) is 0 Å². The Balaban J connectivity index is 1.92. The van der Waals surface area contributed by atoms with Crippen LogP contribution >= 0.6 is 0 Å². The van der Waals surface area contributed by atoms with Crippen LogP contribution in [0.4, 0.5) is 26.3 Å². The summed E-state index contributed by atoms with van der Waals surface area (Å²) in [5.74, 6) is -8.09. The van der Waals surface area contributed by atoms with Crippen molar-refractivity contribution in [1.82, 2.24) is 10.9 Å². The van der Waals surface area contributed by atoms with Crippen molar-refractivity contribution in [2.45, 2.75) is 24.6 Å². The number of carboxylic acids is 1. The number of hydrogen-bond donors (Lipinski definition) is 3. The molecule has 0 spiro atoms. The SMILES string of the molecule is O=C(NNC(=O)[C@@H](OC(=O)c1cccc(C(F)(F)F)c1)[C@H](OC(=O)c1cccc(C(F)(F)F)c1)C(=O)O)c1ccccc1. The molecule has 0 bridgehead atoms. The van der Waals surface area contributed by atoms with E-state index in [0.29, 0.717) is 24.3 Å². The van der Waals surface area contributed by atoms with Gasteiger partial charge in [0.15, 0.2) is 0 Å². The second kappa shape index (κ2) is 13.1. The average molecular weight is 612 g/mol. The largest absolute Gasteiger partial charge is 0.478 e. The maximum atomic E-state index is 13.1. The lowest BCUT2D eigenvalue weighted by Crippen LogP contribution is -2.54. The molecule has 10 nitrogen and oxygen atoms in total. The highest BCUT2D eigenvalue weighted by molar-refractivity contribution is 5.99. The van der Waals surface area contributed by atoms with Crippen molar-refractivity contribution in [3.8, 4) is 0 Å². The molecule has 3 aromatic carbocycles. The molecule has 226 valence electrons. The zero-order valence-corrected chi connectivity index (χ0v) is 21.2. The van der Waals surface area contributed by atoms with Gasteiger partial charge in [0.05, 0.1) is 22.3 Å². The van der Waals surface area contributed by atoms with Crippen molar-refractivity contribution >= 4 is 29.7 Å². The van der Waals surface area contributed by atoms with Crippen LogP contribution in [-0.2, 0) is 31.4 Å². The number of ether oxygens (including phenoxy) is 2. The summed E-state index contributed by atoms with van der Waals surface area (Å²) in [4.78, 5) is 62.6. The van der Waals surface area contributed by atoms with Crippen molar-refractivity contribution in [2.75, 3.05) is 0 Å². The zero-order valence-electron chi connectivity index (χ0n) is 21.2. The molecule has 3 rings (SSSR count). The molecule has 43 heavy (non-hydrogen) atoms. The van der Waals surface area contributed by atoms with E-state index in [1.54, 1.807) is 11.5 Å². The Morgan fingerprint density at radius 3 is 1.49 bits per heavy atom. The molecule has 0 radical (unpaired) electrons. The summed E-state index contributed by atoms with van der Waals surface area (Å²) in [7, 11) is 0. The molecule has 0 saturated carbocycles. The number of carbonyl (C=O) groups is 5. The highest BCUT2D eigenvalue weighted by atomic mass is 19.4. The van der Waals surface area contributed by atoms with Gasteiger partial charge in [-0.25, -0.2) is 14.4 Å². The molecule has 2 amide bonds. The minimum atomic E-state index is -4.90. The summed E-state index contributed by atoms with van der Waals surface area (Å²) >= 11 is 0. The molecular formula is C27H18F6N2O8. The monoisotopic (exact) mass is 612 g/mol. The second-order valence-electron chi connectivity index (χ2n) is 8.46. The Morgan fingerprint density at radius 1 is 0.605 bits per heavy atom. The van der Waals surface area contributed by atoms with Crippen LogP contribution in [0.3, 0.4) is 0 Å². The summed E-state index contributed by atoms with van der Waals surface area (Å²) < 4.78 is 88.1. The van der Waals surface area contributed by atoms with Gasteiger partial charge in [0.25, 0.3) is 11.8 Å². The topological polar surface area (TPSA) is 148 Å². The molecule has 3 aromatic rings. The maximum absolute atomic E-state index is 13.1. The van der Waals surface area contributed by atoms with E-state index in [0.717, 1.165) is 24.3 Å². The van der Waals surface area contributed by atoms with E-state index < -0.39 is 76.5 Å². The molecule has 0 heterocycles. The molecule has 0 unspecified atom stereocenters. The van der Waals surface area contributed by atoms with E-state index in [-0.39, 0.29) is 5.56 Å². The summed E-state index contributed by atoms with van der Waals surface area (Å²) in [5.41, 5.74) is -0.561. The third kappa shape index (κ3) is 8.54. The molecule has 0 aliphatic rings. The van der Waals surface area contributed by atoms with Crippen LogP contribution in [0, 0.1) is 0 Å². The lowest BCUT2D eigenvalue weighted by atomic mass is 10.1. The third-order valence-corrected chi connectivity index (χ3v) is 5.43. The van der Waals surface area contributed by atoms with Gasteiger partial charge < -0.3 is 14.6 Å². The zero-order chi connectivity index (χ0) is 31.9.